The minimum absolute atomic E-state index is 0. The number of carbonyl (C=O) groups is 4. The van der Waals surface area contributed by atoms with E-state index in [1.165, 1.54) is 12.1 Å². The summed E-state index contributed by atoms with van der Waals surface area (Å²) in [5, 5.41) is 37.1. The zero-order chi connectivity index (χ0) is 18.0. The Hall–Kier alpha value is -2.39. The van der Waals surface area contributed by atoms with Gasteiger partial charge in [0.1, 0.15) is 0 Å². The van der Waals surface area contributed by atoms with E-state index in [0.29, 0.717) is 0 Å². The third-order valence-corrected chi connectivity index (χ3v) is 3.28. The fraction of sp³-hybridized carbons (Fsp3) is 0. The predicted molar refractivity (Wildman–Crippen MR) is 79.7 cm³/mol. The van der Waals surface area contributed by atoms with Crippen molar-refractivity contribution in [1.82, 2.24) is 0 Å². The molecule has 2 aromatic rings. The maximum atomic E-state index is 11.6. The standard InChI is InChI=1S/C16H10O8.Tb/c17-13(18)9-6-8(7-4-2-1-3-5-7)10(14(19)20)12(16(23)24)11(9)15(21)22;/h1-6H,(H,17,18)(H,19,20)(H,21,22)(H,23,24);. The third-order valence-electron chi connectivity index (χ3n) is 3.28. The van der Waals surface area contributed by atoms with E-state index in [1.54, 1.807) is 18.2 Å². The van der Waals surface area contributed by atoms with Gasteiger partial charge in [-0.05, 0) is 17.2 Å². The van der Waals surface area contributed by atoms with Gasteiger partial charge in [-0.15, -0.1) is 0 Å². The van der Waals surface area contributed by atoms with Crippen molar-refractivity contribution >= 4 is 23.9 Å². The summed E-state index contributed by atoms with van der Waals surface area (Å²) in [6.45, 7) is 0. The summed E-state index contributed by atoms with van der Waals surface area (Å²) in [5.41, 5.74) is -3.68. The van der Waals surface area contributed by atoms with Gasteiger partial charge in [-0.3, -0.25) is 0 Å². The molecule has 0 aromatic heterocycles. The molecule has 1 radical (unpaired) electrons. The van der Waals surface area contributed by atoms with Gasteiger partial charge in [-0.2, -0.15) is 0 Å². The largest absolute Gasteiger partial charge is 0.478 e. The van der Waals surface area contributed by atoms with Gasteiger partial charge in [-0.25, -0.2) is 19.2 Å². The van der Waals surface area contributed by atoms with Crippen molar-refractivity contribution in [1.29, 1.82) is 0 Å². The molecule has 25 heavy (non-hydrogen) atoms. The molecule has 0 aliphatic carbocycles. The van der Waals surface area contributed by atoms with Crippen molar-refractivity contribution in [2.45, 2.75) is 0 Å². The van der Waals surface area contributed by atoms with E-state index in [0.717, 1.165) is 6.07 Å². The Bertz CT molecular complexity index is 873. The van der Waals surface area contributed by atoms with E-state index in [-0.39, 0.29) is 49.7 Å². The van der Waals surface area contributed by atoms with Crippen LogP contribution < -0.4 is 0 Å². The summed E-state index contributed by atoms with van der Waals surface area (Å²) in [6.07, 6.45) is 0. The van der Waals surface area contributed by atoms with Gasteiger partial charge in [0.15, 0.2) is 0 Å². The molecule has 0 unspecified atom stereocenters. The Morgan fingerprint density at radius 1 is 0.640 bits per heavy atom. The van der Waals surface area contributed by atoms with Crippen LogP contribution in [-0.4, -0.2) is 44.3 Å². The van der Waals surface area contributed by atoms with E-state index < -0.39 is 46.1 Å². The number of carboxylic acids is 4. The number of benzene rings is 2. The predicted octanol–water partition coefficient (Wildman–Crippen LogP) is 2.15. The fourth-order valence-corrected chi connectivity index (χ4v) is 2.36. The van der Waals surface area contributed by atoms with Crippen LogP contribution in [0.25, 0.3) is 11.1 Å². The van der Waals surface area contributed by atoms with Gasteiger partial charge >= 0.3 is 23.9 Å². The molecule has 0 amide bonds. The van der Waals surface area contributed by atoms with E-state index in [9.17, 15) is 39.6 Å². The maximum absolute atomic E-state index is 11.6. The van der Waals surface area contributed by atoms with Crippen LogP contribution in [0.1, 0.15) is 41.4 Å². The molecule has 8 nitrogen and oxygen atoms in total. The van der Waals surface area contributed by atoms with Crippen LogP contribution in [0.3, 0.4) is 0 Å². The first-order valence-corrected chi connectivity index (χ1v) is 6.45. The Kier molecular flexibility index (Phi) is 6.71. The van der Waals surface area contributed by atoms with E-state index in [2.05, 4.69) is 0 Å². The number of hydrogen-bond acceptors (Lipinski definition) is 4. The molecular formula is C16H10O8Tb. The molecule has 2 rings (SSSR count). The molecule has 0 atom stereocenters. The molecule has 0 aliphatic rings. The van der Waals surface area contributed by atoms with E-state index >= 15 is 0 Å². The summed E-state index contributed by atoms with van der Waals surface area (Å²) >= 11 is 0. The Labute approximate surface area is 171 Å². The summed E-state index contributed by atoms with van der Waals surface area (Å²) in [4.78, 5) is 45.8. The van der Waals surface area contributed by atoms with Crippen molar-refractivity contribution in [3.8, 4) is 11.1 Å². The molecular weight excluding hydrogens is 479 g/mol. The second kappa shape index (κ2) is 8.12. The molecule has 131 valence electrons. The van der Waals surface area contributed by atoms with Crippen LogP contribution in [-0.2, 0) is 0 Å². The average molecular weight is 489 g/mol. The summed E-state index contributed by atoms with van der Waals surface area (Å²) in [7, 11) is 0. The number of carboxylic acid groups (broad SMARTS) is 4. The van der Waals surface area contributed by atoms with E-state index in [1.807, 2.05) is 0 Å². The first-order valence-electron chi connectivity index (χ1n) is 6.45. The summed E-state index contributed by atoms with van der Waals surface area (Å²) in [6, 6.07) is 8.50. The van der Waals surface area contributed by atoms with E-state index in [4.69, 9.17) is 0 Å². The molecule has 4 N–H and O–H groups in total. The van der Waals surface area contributed by atoms with Crippen molar-refractivity contribution in [2.75, 3.05) is 0 Å². The van der Waals surface area contributed by atoms with Gasteiger partial charge in [0, 0.05) is 38.6 Å². The van der Waals surface area contributed by atoms with Crippen LogP contribution in [0.4, 0.5) is 0 Å². The van der Waals surface area contributed by atoms with Gasteiger partial charge in [0.2, 0.25) is 0 Å². The van der Waals surface area contributed by atoms with Crippen LogP contribution in [0.2, 0.25) is 0 Å². The molecule has 9 heteroatoms. The molecule has 0 aliphatic heterocycles. The first-order chi connectivity index (χ1) is 11.3. The quantitative estimate of drug-likeness (QED) is 0.499. The molecule has 0 fully saturated rings. The maximum Gasteiger partial charge on any atom is 0.337 e. The zero-order valence-corrected chi connectivity index (χ0v) is 14.4. The normalized spacial score (nSPS) is 9.76. The van der Waals surface area contributed by atoms with Crippen LogP contribution in [0.5, 0.6) is 0 Å². The van der Waals surface area contributed by atoms with Crippen molar-refractivity contribution in [3.05, 3.63) is 58.7 Å². The van der Waals surface area contributed by atoms with Gasteiger partial charge in [-0.1, -0.05) is 30.3 Å². The zero-order valence-electron chi connectivity index (χ0n) is 12.2. The number of aromatic carboxylic acids is 4. The van der Waals surface area contributed by atoms with Crippen molar-refractivity contribution in [3.63, 3.8) is 0 Å². The molecule has 0 heterocycles. The molecule has 0 spiro atoms. The second-order valence-corrected chi connectivity index (χ2v) is 4.68. The van der Waals surface area contributed by atoms with Crippen LogP contribution in [0.15, 0.2) is 36.4 Å². The summed E-state index contributed by atoms with van der Waals surface area (Å²) < 4.78 is 0. The Balaban J connectivity index is 0.00000312. The Morgan fingerprint density at radius 2 is 1.12 bits per heavy atom. The van der Waals surface area contributed by atoms with Crippen LogP contribution in [0, 0.1) is 38.6 Å². The second-order valence-electron chi connectivity index (χ2n) is 4.68. The minimum atomic E-state index is -1.84. The van der Waals surface area contributed by atoms with Crippen molar-refractivity contribution in [2.24, 2.45) is 0 Å². The fourth-order valence-electron chi connectivity index (χ4n) is 2.36. The molecule has 0 saturated carbocycles. The minimum Gasteiger partial charge on any atom is -0.478 e. The molecule has 0 saturated heterocycles. The first kappa shape index (κ1) is 20.6. The van der Waals surface area contributed by atoms with Crippen molar-refractivity contribution < 1.29 is 78.2 Å². The third kappa shape index (κ3) is 3.99. The smallest absolute Gasteiger partial charge is 0.337 e. The van der Waals surface area contributed by atoms with Crippen LogP contribution >= 0.6 is 0 Å². The SMILES string of the molecule is O=C(O)c1cc(-c2ccccc2)c(C(=O)O)c(C(=O)O)c1C(=O)O.[Tb]. The Morgan fingerprint density at radius 3 is 1.52 bits per heavy atom. The van der Waals surface area contributed by atoms with Gasteiger partial charge in [0.05, 0.1) is 22.3 Å². The topological polar surface area (TPSA) is 149 Å². The molecule has 0 bridgehead atoms. The summed E-state index contributed by atoms with van der Waals surface area (Å²) in [5.74, 6) is -7.04. The average Bonchev–Trinajstić information content (AvgIpc) is 2.53. The van der Waals surface area contributed by atoms with Gasteiger partial charge < -0.3 is 20.4 Å². The molecule has 2 aromatic carbocycles. The number of rotatable bonds is 5. The van der Waals surface area contributed by atoms with Gasteiger partial charge in [0.25, 0.3) is 0 Å². The monoisotopic (exact) mass is 489 g/mol. The number of hydrogen-bond donors (Lipinski definition) is 4.